The lowest BCUT2D eigenvalue weighted by Gasteiger charge is -2.18. The monoisotopic (exact) mass is 1090 g/mol. The van der Waals surface area contributed by atoms with Crippen LogP contribution in [0.15, 0.2) is 48.6 Å². The largest absolute Gasteiger partial charge is 0.462 e. The van der Waals surface area contributed by atoms with Crippen molar-refractivity contribution in [2.75, 3.05) is 13.2 Å². The molecule has 0 saturated carbocycles. The maximum atomic E-state index is 12.9. The SMILES string of the molecule is CCCC/C=C\CCCCCCCC(=O)OCC(COC(=O)CCCCCCCCCCCCCCCCCCCCCCC/C=C\C/C=C\CCCCCCC)OC(=O)CCCCCCC/C=C\CCCCCCCCC. The molecular formula is C72H132O6. The van der Waals surface area contributed by atoms with Crippen molar-refractivity contribution in [3.8, 4) is 0 Å². The zero-order valence-corrected chi connectivity index (χ0v) is 52.5. The lowest BCUT2D eigenvalue weighted by atomic mass is 10.0. The smallest absolute Gasteiger partial charge is 0.306 e. The van der Waals surface area contributed by atoms with Gasteiger partial charge >= 0.3 is 17.9 Å². The lowest BCUT2D eigenvalue weighted by Crippen LogP contribution is -2.30. The third kappa shape index (κ3) is 64.2. The normalized spacial score (nSPS) is 12.3. The van der Waals surface area contributed by atoms with Crippen LogP contribution < -0.4 is 0 Å². The number of esters is 3. The van der Waals surface area contributed by atoms with Crippen molar-refractivity contribution in [2.45, 2.75) is 380 Å². The molecule has 456 valence electrons. The molecule has 6 nitrogen and oxygen atoms in total. The summed E-state index contributed by atoms with van der Waals surface area (Å²) in [5.74, 6) is -0.873. The van der Waals surface area contributed by atoms with Gasteiger partial charge in [-0.25, -0.2) is 0 Å². The molecule has 1 atom stereocenters. The number of carbonyl (C=O) groups is 3. The fourth-order valence-electron chi connectivity index (χ4n) is 10.3. The van der Waals surface area contributed by atoms with Gasteiger partial charge in [0.2, 0.25) is 0 Å². The maximum Gasteiger partial charge on any atom is 0.306 e. The Bertz CT molecular complexity index is 1350. The standard InChI is InChI=1S/C72H132O6/c1-4-7-10-13-16-19-22-24-26-28-29-30-31-32-33-34-35-36-37-38-39-40-41-42-43-44-46-47-50-53-56-59-62-65-71(74)77-68-69(67-76-70(73)64-61-58-55-52-49-21-18-15-12-9-6-3)78-72(75)66-63-60-57-54-51-48-45-27-25-23-20-17-14-11-8-5-2/h15,18,22,24,27-29,45,69H,4-14,16-17,19-21,23,25-26,30-44,46-68H2,1-3H3/b18-15-,24-22-,29-28-,45-27-. The molecule has 1 unspecified atom stereocenters. The number of carbonyl (C=O) groups excluding carboxylic acids is 3. The first-order valence-electron chi connectivity index (χ1n) is 34.6. The number of hydrogen-bond donors (Lipinski definition) is 0. The molecule has 0 aliphatic carbocycles. The molecule has 0 spiro atoms. The van der Waals surface area contributed by atoms with Crippen molar-refractivity contribution in [3.05, 3.63) is 48.6 Å². The highest BCUT2D eigenvalue weighted by Crippen LogP contribution is 2.18. The van der Waals surface area contributed by atoms with Crippen molar-refractivity contribution in [3.63, 3.8) is 0 Å². The van der Waals surface area contributed by atoms with Crippen LogP contribution in [-0.4, -0.2) is 37.2 Å². The van der Waals surface area contributed by atoms with Gasteiger partial charge in [-0.1, -0.05) is 307 Å². The quantitative estimate of drug-likeness (QED) is 0.0261. The zero-order chi connectivity index (χ0) is 56.4. The Morgan fingerprint density at radius 2 is 0.474 bits per heavy atom. The second-order valence-corrected chi connectivity index (χ2v) is 23.4. The Balaban J connectivity index is 4.07. The molecule has 0 heterocycles. The van der Waals surface area contributed by atoms with Gasteiger partial charge in [-0.05, 0) is 96.3 Å². The van der Waals surface area contributed by atoms with E-state index in [1.165, 1.54) is 257 Å². The fourth-order valence-corrected chi connectivity index (χ4v) is 10.3. The Hall–Kier alpha value is -2.63. The number of hydrogen-bond acceptors (Lipinski definition) is 6. The highest BCUT2D eigenvalue weighted by Gasteiger charge is 2.19. The summed E-state index contributed by atoms with van der Waals surface area (Å²) in [5, 5.41) is 0. The summed E-state index contributed by atoms with van der Waals surface area (Å²) in [5.41, 5.74) is 0. The lowest BCUT2D eigenvalue weighted by molar-refractivity contribution is -0.167. The Morgan fingerprint density at radius 1 is 0.256 bits per heavy atom. The molecule has 0 aliphatic rings. The minimum Gasteiger partial charge on any atom is -0.462 e. The number of rotatable bonds is 64. The van der Waals surface area contributed by atoms with Crippen molar-refractivity contribution in [1.29, 1.82) is 0 Å². The molecule has 0 aromatic carbocycles. The van der Waals surface area contributed by atoms with E-state index in [9.17, 15) is 14.4 Å². The van der Waals surface area contributed by atoms with E-state index >= 15 is 0 Å². The third-order valence-corrected chi connectivity index (χ3v) is 15.5. The molecule has 0 aromatic rings. The molecular weight excluding hydrogens is 961 g/mol. The summed E-state index contributed by atoms with van der Waals surface area (Å²) in [6, 6.07) is 0. The predicted molar refractivity (Wildman–Crippen MR) is 339 cm³/mol. The number of ether oxygens (including phenoxy) is 3. The highest BCUT2D eigenvalue weighted by molar-refractivity contribution is 5.71. The van der Waals surface area contributed by atoms with Crippen LogP contribution in [0.4, 0.5) is 0 Å². The van der Waals surface area contributed by atoms with Gasteiger partial charge in [-0.3, -0.25) is 14.4 Å². The Morgan fingerprint density at radius 3 is 0.756 bits per heavy atom. The van der Waals surface area contributed by atoms with Gasteiger partial charge in [-0.15, -0.1) is 0 Å². The van der Waals surface area contributed by atoms with Gasteiger partial charge in [-0.2, -0.15) is 0 Å². The van der Waals surface area contributed by atoms with E-state index in [1.54, 1.807) is 0 Å². The van der Waals surface area contributed by atoms with Crippen LogP contribution in [0.5, 0.6) is 0 Å². The summed E-state index contributed by atoms with van der Waals surface area (Å²) in [6.45, 7) is 6.62. The van der Waals surface area contributed by atoms with Gasteiger partial charge in [0, 0.05) is 19.3 Å². The summed E-state index contributed by atoms with van der Waals surface area (Å²) < 4.78 is 16.9. The topological polar surface area (TPSA) is 78.9 Å². The average Bonchev–Trinajstić information content (AvgIpc) is 3.44. The van der Waals surface area contributed by atoms with E-state index in [1.807, 2.05) is 0 Å². The van der Waals surface area contributed by atoms with Gasteiger partial charge in [0.15, 0.2) is 6.10 Å². The zero-order valence-electron chi connectivity index (χ0n) is 52.5. The van der Waals surface area contributed by atoms with Crippen LogP contribution in [-0.2, 0) is 28.6 Å². The summed E-state index contributed by atoms with van der Waals surface area (Å²) in [4.78, 5) is 38.2. The fraction of sp³-hybridized carbons (Fsp3) is 0.847. The molecule has 0 fully saturated rings. The van der Waals surface area contributed by atoms with E-state index in [0.29, 0.717) is 19.3 Å². The van der Waals surface area contributed by atoms with Gasteiger partial charge < -0.3 is 14.2 Å². The van der Waals surface area contributed by atoms with E-state index < -0.39 is 6.10 Å². The maximum absolute atomic E-state index is 12.9. The van der Waals surface area contributed by atoms with Crippen molar-refractivity contribution in [2.24, 2.45) is 0 Å². The second kappa shape index (κ2) is 66.9. The van der Waals surface area contributed by atoms with Gasteiger partial charge in [0.25, 0.3) is 0 Å². The molecule has 78 heavy (non-hydrogen) atoms. The van der Waals surface area contributed by atoms with Crippen molar-refractivity contribution < 1.29 is 28.6 Å². The first-order valence-corrected chi connectivity index (χ1v) is 34.6. The van der Waals surface area contributed by atoms with Crippen LogP contribution in [0, 0.1) is 0 Å². The first kappa shape index (κ1) is 75.4. The molecule has 6 heteroatoms. The molecule has 0 saturated heterocycles. The Kier molecular flexibility index (Phi) is 64.6. The van der Waals surface area contributed by atoms with E-state index in [2.05, 4.69) is 69.4 Å². The number of allylic oxidation sites excluding steroid dienone is 8. The van der Waals surface area contributed by atoms with Crippen LogP contribution in [0.25, 0.3) is 0 Å². The van der Waals surface area contributed by atoms with E-state index in [4.69, 9.17) is 14.2 Å². The molecule has 0 amide bonds. The summed E-state index contributed by atoms with van der Waals surface area (Å²) in [7, 11) is 0. The average molecular weight is 1090 g/mol. The molecule has 0 bridgehead atoms. The van der Waals surface area contributed by atoms with Crippen LogP contribution in [0.1, 0.15) is 374 Å². The van der Waals surface area contributed by atoms with Crippen LogP contribution >= 0.6 is 0 Å². The summed E-state index contributed by atoms with van der Waals surface area (Å²) >= 11 is 0. The predicted octanol–water partition coefficient (Wildman–Crippen LogP) is 23.7. The molecule has 0 aromatic heterocycles. The molecule has 0 N–H and O–H groups in total. The van der Waals surface area contributed by atoms with Crippen molar-refractivity contribution >= 4 is 17.9 Å². The molecule has 0 rings (SSSR count). The highest BCUT2D eigenvalue weighted by atomic mass is 16.6. The third-order valence-electron chi connectivity index (χ3n) is 15.5. The van der Waals surface area contributed by atoms with Crippen LogP contribution in [0.3, 0.4) is 0 Å². The van der Waals surface area contributed by atoms with E-state index in [-0.39, 0.29) is 31.1 Å². The summed E-state index contributed by atoms with van der Waals surface area (Å²) in [6.07, 6.45) is 84.4. The van der Waals surface area contributed by atoms with Gasteiger partial charge in [0.05, 0.1) is 0 Å². The number of unbranched alkanes of at least 4 members (excludes halogenated alkanes) is 45. The van der Waals surface area contributed by atoms with Crippen molar-refractivity contribution in [1.82, 2.24) is 0 Å². The Labute approximate surface area is 486 Å². The first-order chi connectivity index (χ1) is 38.5. The molecule has 0 aliphatic heterocycles. The molecule has 0 radical (unpaired) electrons. The minimum atomic E-state index is -0.778. The van der Waals surface area contributed by atoms with Crippen LogP contribution in [0.2, 0.25) is 0 Å². The second-order valence-electron chi connectivity index (χ2n) is 23.4. The van der Waals surface area contributed by atoms with Gasteiger partial charge in [0.1, 0.15) is 13.2 Å². The van der Waals surface area contributed by atoms with E-state index in [0.717, 1.165) is 77.0 Å². The minimum absolute atomic E-state index is 0.0749.